The van der Waals surface area contributed by atoms with E-state index in [-0.39, 0.29) is 5.91 Å². The molecule has 5 rings (SSSR count). The van der Waals surface area contributed by atoms with Crippen molar-refractivity contribution in [2.45, 2.75) is 6.54 Å². The number of carbonyl (C=O) groups excluding carboxylic acids is 1. The van der Waals surface area contributed by atoms with Gasteiger partial charge >= 0.3 is 0 Å². The van der Waals surface area contributed by atoms with Crippen LogP contribution in [0.4, 0.5) is 0 Å². The predicted molar refractivity (Wildman–Crippen MR) is 196 cm³/mol. The number of halogens is 2. The maximum atomic E-state index is 12.8. The predicted octanol–water partition coefficient (Wildman–Crippen LogP) is 7.20. The minimum absolute atomic E-state index is 0.163. The molecule has 0 bridgehead atoms. The van der Waals surface area contributed by atoms with Crippen LogP contribution in [0.2, 0.25) is 0 Å². The highest BCUT2D eigenvalue weighted by Gasteiger charge is 2.23. The number of benzene rings is 4. The van der Waals surface area contributed by atoms with Gasteiger partial charge in [-0.2, -0.15) is 0 Å². The summed E-state index contributed by atoms with van der Waals surface area (Å²) in [5.74, 6) is 1.91. The number of hydrogen-bond acceptors (Lipinski definition) is 7. The second kappa shape index (κ2) is 17.4. The van der Waals surface area contributed by atoms with Gasteiger partial charge in [-0.25, -0.2) is 4.98 Å². The van der Waals surface area contributed by atoms with Crippen LogP contribution in [0.5, 0.6) is 11.5 Å². The van der Waals surface area contributed by atoms with Crippen molar-refractivity contribution in [2.75, 3.05) is 53.7 Å². The molecular formula is C37H38Br2N4O5. The van der Waals surface area contributed by atoms with Crippen LogP contribution in [0.1, 0.15) is 15.9 Å². The maximum Gasteiger partial charge on any atom is 0.251 e. The Labute approximate surface area is 297 Å². The van der Waals surface area contributed by atoms with E-state index in [1.807, 2.05) is 66.7 Å². The first-order chi connectivity index (χ1) is 23.4. The molecule has 0 atom stereocenters. The number of amides is 1. The summed E-state index contributed by atoms with van der Waals surface area (Å²) in [4.78, 5) is 18.1. The molecule has 0 unspecified atom stereocenters. The molecular weight excluding hydrogens is 740 g/mol. The Morgan fingerprint density at radius 2 is 1.33 bits per heavy atom. The van der Waals surface area contributed by atoms with Crippen molar-refractivity contribution in [2.24, 2.45) is 5.73 Å². The molecule has 250 valence electrons. The molecule has 0 spiro atoms. The second-order valence-electron chi connectivity index (χ2n) is 10.8. The lowest BCUT2D eigenvalue weighted by molar-refractivity contribution is 0.0511. The lowest BCUT2D eigenvalue weighted by atomic mass is 10.0. The summed E-state index contributed by atoms with van der Waals surface area (Å²) in [6, 6.07) is 29.8. The van der Waals surface area contributed by atoms with Gasteiger partial charge in [0.15, 0.2) is 0 Å². The van der Waals surface area contributed by atoms with E-state index in [0.29, 0.717) is 63.1 Å². The van der Waals surface area contributed by atoms with Gasteiger partial charge in [-0.3, -0.25) is 4.79 Å². The minimum atomic E-state index is -0.163. The largest absolute Gasteiger partial charge is 0.497 e. The zero-order chi connectivity index (χ0) is 33.9. The Morgan fingerprint density at radius 1 is 0.750 bits per heavy atom. The molecule has 0 aliphatic carbocycles. The smallest absolute Gasteiger partial charge is 0.251 e. The molecule has 0 aliphatic heterocycles. The van der Waals surface area contributed by atoms with E-state index in [2.05, 4.69) is 66.0 Å². The van der Waals surface area contributed by atoms with Crippen LogP contribution >= 0.6 is 31.9 Å². The first-order valence-corrected chi connectivity index (χ1v) is 17.1. The monoisotopic (exact) mass is 776 g/mol. The molecule has 3 N–H and O–H groups in total. The zero-order valence-electron chi connectivity index (χ0n) is 26.9. The summed E-state index contributed by atoms with van der Waals surface area (Å²) in [6.45, 7) is 3.20. The van der Waals surface area contributed by atoms with Crippen LogP contribution in [0.25, 0.3) is 33.9 Å². The summed E-state index contributed by atoms with van der Waals surface area (Å²) in [6.07, 6.45) is 0. The summed E-state index contributed by atoms with van der Waals surface area (Å²) in [5, 5.41) is 2.91. The fourth-order valence-corrected chi connectivity index (χ4v) is 5.69. The van der Waals surface area contributed by atoms with Crippen LogP contribution in [0.3, 0.4) is 0 Å². The number of nitrogens with one attached hydrogen (secondary N) is 1. The summed E-state index contributed by atoms with van der Waals surface area (Å²) in [7, 11) is 3.27. The zero-order valence-corrected chi connectivity index (χ0v) is 30.1. The first-order valence-electron chi connectivity index (χ1n) is 15.5. The van der Waals surface area contributed by atoms with Gasteiger partial charge in [-0.1, -0.05) is 68.3 Å². The highest BCUT2D eigenvalue weighted by molar-refractivity contribution is 9.10. The summed E-state index contributed by atoms with van der Waals surface area (Å²) >= 11 is 7.15. The summed E-state index contributed by atoms with van der Waals surface area (Å²) < 4.78 is 26.2. The Balaban J connectivity index is 1.49. The molecule has 0 fully saturated rings. The maximum absolute atomic E-state index is 12.8. The summed E-state index contributed by atoms with van der Waals surface area (Å²) in [5.41, 5.74) is 11.6. The van der Waals surface area contributed by atoms with Gasteiger partial charge in [0.25, 0.3) is 5.91 Å². The van der Waals surface area contributed by atoms with Crippen molar-refractivity contribution in [3.05, 3.63) is 111 Å². The third kappa shape index (κ3) is 9.12. The molecule has 5 aromatic rings. The number of rotatable bonds is 16. The fourth-order valence-electron chi connectivity index (χ4n) is 5.16. The van der Waals surface area contributed by atoms with Crippen LogP contribution in [-0.2, 0) is 16.0 Å². The molecule has 9 nitrogen and oxygen atoms in total. The second-order valence-corrected chi connectivity index (χ2v) is 12.6. The number of ether oxygens (including phenoxy) is 4. The van der Waals surface area contributed by atoms with E-state index in [4.69, 9.17) is 29.7 Å². The van der Waals surface area contributed by atoms with Crippen LogP contribution in [-0.4, -0.2) is 69.2 Å². The highest BCUT2D eigenvalue weighted by atomic mass is 79.9. The molecule has 1 aromatic heterocycles. The Kier molecular flexibility index (Phi) is 12.8. The van der Waals surface area contributed by atoms with Crippen molar-refractivity contribution in [3.63, 3.8) is 0 Å². The van der Waals surface area contributed by atoms with Gasteiger partial charge in [0, 0.05) is 56.9 Å². The van der Waals surface area contributed by atoms with E-state index in [1.165, 1.54) is 0 Å². The number of nitrogens with two attached hydrogens (primary N) is 1. The molecule has 11 heteroatoms. The quantitative estimate of drug-likeness (QED) is 0.102. The van der Waals surface area contributed by atoms with E-state index in [9.17, 15) is 4.79 Å². The van der Waals surface area contributed by atoms with Gasteiger partial charge in [-0.05, 0) is 54.1 Å². The minimum Gasteiger partial charge on any atom is -0.497 e. The van der Waals surface area contributed by atoms with Crippen molar-refractivity contribution in [3.8, 4) is 45.4 Å². The average molecular weight is 779 g/mol. The van der Waals surface area contributed by atoms with Crippen molar-refractivity contribution in [1.29, 1.82) is 0 Å². The number of imidazole rings is 1. The van der Waals surface area contributed by atoms with Gasteiger partial charge in [0.1, 0.15) is 17.3 Å². The number of aromatic nitrogens is 2. The van der Waals surface area contributed by atoms with Crippen LogP contribution in [0.15, 0.2) is 99.9 Å². The highest BCUT2D eigenvalue weighted by Crippen LogP contribution is 2.39. The number of methoxy groups -OCH3 is 2. The third-order valence-electron chi connectivity index (χ3n) is 7.54. The molecule has 48 heavy (non-hydrogen) atoms. The third-order valence-corrected chi connectivity index (χ3v) is 8.59. The van der Waals surface area contributed by atoms with E-state index >= 15 is 0 Å². The average Bonchev–Trinajstić information content (AvgIpc) is 3.48. The molecule has 0 radical (unpaired) electrons. The normalized spacial score (nSPS) is 11.0. The standard InChI is InChI=1S/C37H38Br2N4O5/c1-45-32-21-29(22-33(23-32)46-2)36-42-34(26-7-11-30(38)12-8-26)35(27-9-13-31(39)14-10-27)43(36)24-25-3-5-28(6-4-25)37(44)41-16-18-48-20-19-47-17-15-40/h3-14,21-23H,15-20,24,40H2,1-2H3,(H,41,44). The van der Waals surface area contributed by atoms with Gasteiger partial charge in [0.2, 0.25) is 0 Å². The number of carbonyl (C=O) groups is 1. The van der Waals surface area contributed by atoms with E-state index in [0.717, 1.165) is 48.4 Å². The molecule has 0 aliphatic rings. The topological polar surface area (TPSA) is 110 Å². The Bertz CT molecular complexity index is 1770. The van der Waals surface area contributed by atoms with Crippen molar-refractivity contribution < 1.29 is 23.7 Å². The number of nitrogens with zero attached hydrogens (tertiary/aromatic N) is 2. The van der Waals surface area contributed by atoms with Crippen LogP contribution < -0.4 is 20.5 Å². The Morgan fingerprint density at radius 3 is 1.92 bits per heavy atom. The SMILES string of the molecule is COc1cc(OC)cc(-c2nc(-c3ccc(Br)cc3)c(-c3ccc(Br)cc3)n2Cc2ccc(C(=O)NCCOCCOCCN)cc2)c1. The van der Waals surface area contributed by atoms with Gasteiger partial charge in [0.05, 0.1) is 52.0 Å². The Hall–Kier alpha value is -4.00. The van der Waals surface area contributed by atoms with E-state index < -0.39 is 0 Å². The lowest BCUT2D eigenvalue weighted by Gasteiger charge is -2.15. The molecule has 0 saturated carbocycles. The van der Waals surface area contributed by atoms with Gasteiger partial charge < -0.3 is 34.6 Å². The lowest BCUT2D eigenvalue weighted by Crippen LogP contribution is -2.27. The van der Waals surface area contributed by atoms with Crippen LogP contribution in [0, 0.1) is 0 Å². The fraction of sp³-hybridized carbons (Fsp3) is 0.243. The molecule has 1 heterocycles. The van der Waals surface area contributed by atoms with Crippen molar-refractivity contribution in [1.82, 2.24) is 14.9 Å². The van der Waals surface area contributed by atoms with E-state index in [1.54, 1.807) is 14.2 Å². The molecule has 0 saturated heterocycles. The molecule has 1 amide bonds. The van der Waals surface area contributed by atoms with Gasteiger partial charge in [-0.15, -0.1) is 0 Å². The first kappa shape index (κ1) is 35.3. The number of hydrogen-bond donors (Lipinski definition) is 2. The van der Waals surface area contributed by atoms with Crippen molar-refractivity contribution >= 4 is 37.8 Å². The molecule has 4 aromatic carbocycles.